The highest BCUT2D eigenvalue weighted by atomic mass is 35.5. The standard InChI is InChI=1S/C20H18ClN5O2/c21-15-6-4-5-14(9-15)10-16-11-19(28-25-16)20(27)22-12-17-13-23-26(24-17)18-7-2-1-3-8-18/h1-9,13,19H,10-12H2,(H,22,27)/t19-/m0/s1. The van der Waals surface area contributed by atoms with Crippen LogP contribution in [0.3, 0.4) is 0 Å². The van der Waals surface area contributed by atoms with Gasteiger partial charge in [-0.05, 0) is 29.8 Å². The van der Waals surface area contributed by atoms with Crippen LogP contribution in [-0.4, -0.2) is 32.7 Å². The molecule has 1 atom stereocenters. The summed E-state index contributed by atoms with van der Waals surface area (Å²) in [4.78, 5) is 19.2. The van der Waals surface area contributed by atoms with Gasteiger partial charge in [-0.2, -0.15) is 15.0 Å². The molecule has 1 aromatic heterocycles. The second-order valence-corrected chi connectivity index (χ2v) is 6.88. The van der Waals surface area contributed by atoms with Crippen LogP contribution in [-0.2, 0) is 22.6 Å². The van der Waals surface area contributed by atoms with Crippen LogP contribution in [0.1, 0.15) is 17.7 Å². The molecule has 0 unspecified atom stereocenters. The zero-order valence-electron chi connectivity index (χ0n) is 15.0. The summed E-state index contributed by atoms with van der Waals surface area (Å²) in [6.07, 6.45) is 2.06. The Morgan fingerprint density at radius 3 is 2.89 bits per heavy atom. The Kier molecular flexibility index (Phi) is 5.34. The van der Waals surface area contributed by atoms with E-state index < -0.39 is 6.10 Å². The van der Waals surface area contributed by atoms with E-state index >= 15 is 0 Å². The minimum atomic E-state index is -0.627. The monoisotopic (exact) mass is 395 g/mol. The Morgan fingerprint density at radius 2 is 2.07 bits per heavy atom. The van der Waals surface area contributed by atoms with E-state index in [0.29, 0.717) is 23.6 Å². The molecule has 0 fully saturated rings. The number of hydrogen-bond acceptors (Lipinski definition) is 5. The van der Waals surface area contributed by atoms with Crippen molar-refractivity contribution < 1.29 is 9.63 Å². The first-order valence-corrected chi connectivity index (χ1v) is 9.25. The fourth-order valence-electron chi connectivity index (χ4n) is 2.91. The van der Waals surface area contributed by atoms with Crippen molar-refractivity contribution in [2.45, 2.75) is 25.5 Å². The van der Waals surface area contributed by atoms with Crippen molar-refractivity contribution in [3.05, 3.63) is 77.1 Å². The Morgan fingerprint density at radius 1 is 1.21 bits per heavy atom. The molecular weight excluding hydrogens is 378 g/mol. The molecule has 7 nitrogen and oxygen atoms in total. The molecule has 2 aromatic carbocycles. The van der Waals surface area contributed by atoms with Gasteiger partial charge in [0.15, 0.2) is 0 Å². The average Bonchev–Trinajstić information content (AvgIpc) is 3.37. The van der Waals surface area contributed by atoms with E-state index in [1.54, 1.807) is 6.20 Å². The minimum Gasteiger partial charge on any atom is -0.382 e. The summed E-state index contributed by atoms with van der Waals surface area (Å²) < 4.78 is 0. The lowest BCUT2D eigenvalue weighted by atomic mass is 10.0. The van der Waals surface area contributed by atoms with Crippen LogP contribution in [0.5, 0.6) is 0 Å². The summed E-state index contributed by atoms with van der Waals surface area (Å²) in [5, 5.41) is 16.1. The molecule has 0 aliphatic carbocycles. The number of oxime groups is 1. The highest BCUT2D eigenvalue weighted by molar-refractivity contribution is 6.30. The van der Waals surface area contributed by atoms with Gasteiger partial charge < -0.3 is 10.2 Å². The number of carbonyl (C=O) groups excluding carboxylic acids is 1. The van der Waals surface area contributed by atoms with E-state index in [4.69, 9.17) is 16.4 Å². The third kappa shape index (κ3) is 4.37. The van der Waals surface area contributed by atoms with Crippen LogP contribution < -0.4 is 5.32 Å². The minimum absolute atomic E-state index is 0.223. The van der Waals surface area contributed by atoms with Gasteiger partial charge in [0.2, 0.25) is 6.10 Å². The van der Waals surface area contributed by atoms with Gasteiger partial charge in [-0.1, -0.05) is 47.1 Å². The van der Waals surface area contributed by atoms with Crippen molar-refractivity contribution in [2.24, 2.45) is 5.16 Å². The maximum Gasteiger partial charge on any atom is 0.264 e. The highest BCUT2D eigenvalue weighted by Crippen LogP contribution is 2.17. The number of carbonyl (C=O) groups is 1. The van der Waals surface area contributed by atoms with Crippen LogP contribution in [0, 0.1) is 0 Å². The van der Waals surface area contributed by atoms with Crippen LogP contribution in [0.15, 0.2) is 65.9 Å². The molecule has 0 saturated heterocycles. The van der Waals surface area contributed by atoms with E-state index in [1.165, 1.54) is 4.80 Å². The summed E-state index contributed by atoms with van der Waals surface area (Å²) in [7, 11) is 0. The van der Waals surface area contributed by atoms with Gasteiger partial charge in [0, 0.05) is 17.9 Å². The molecule has 28 heavy (non-hydrogen) atoms. The van der Waals surface area contributed by atoms with E-state index in [-0.39, 0.29) is 12.5 Å². The zero-order chi connectivity index (χ0) is 19.3. The van der Waals surface area contributed by atoms with Crippen LogP contribution in [0.4, 0.5) is 0 Å². The summed E-state index contributed by atoms with van der Waals surface area (Å²) in [6.45, 7) is 0.273. The lowest BCUT2D eigenvalue weighted by molar-refractivity contribution is -0.131. The van der Waals surface area contributed by atoms with E-state index in [0.717, 1.165) is 17.0 Å². The number of amides is 1. The first kappa shape index (κ1) is 18.2. The fraction of sp³-hybridized carbons (Fsp3) is 0.200. The predicted octanol–water partition coefficient (Wildman–Crippen LogP) is 2.92. The molecule has 3 aromatic rings. The second kappa shape index (κ2) is 8.22. The summed E-state index contributed by atoms with van der Waals surface area (Å²) >= 11 is 6.00. The van der Waals surface area contributed by atoms with Gasteiger partial charge >= 0.3 is 0 Å². The van der Waals surface area contributed by atoms with Gasteiger partial charge in [-0.15, -0.1) is 0 Å². The summed E-state index contributed by atoms with van der Waals surface area (Å²) in [5.74, 6) is -0.223. The largest absolute Gasteiger partial charge is 0.382 e. The van der Waals surface area contributed by atoms with Gasteiger partial charge in [0.25, 0.3) is 5.91 Å². The molecular formula is C20H18ClN5O2. The number of para-hydroxylation sites is 1. The van der Waals surface area contributed by atoms with Gasteiger partial charge in [0.1, 0.15) is 5.69 Å². The third-order valence-corrected chi connectivity index (χ3v) is 4.52. The molecule has 1 amide bonds. The first-order valence-electron chi connectivity index (χ1n) is 8.88. The predicted molar refractivity (Wildman–Crippen MR) is 105 cm³/mol. The average molecular weight is 396 g/mol. The fourth-order valence-corrected chi connectivity index (χ4v) is 3.12. The van der Waals surface area contributed by atoms with Crippen molar-refractivity contribution in [3.8, 4) is 5.69 Å². The van der Waals surface area contributed by atoms with Crippen molar-refractivity contribution in [1.29, 1.82) is 0 Å². The Hall–Kier alpha value is -3.19. The van der Waals surface area contributed by atoms with Crippen molar-refractivity contribution in [1.82, 2.24) is 20.3 Å². The molecule has 2 heterocycles. The molecule has 1 aliphatic rings. The molecule has 0 spiro atoms. The van der Waals surface area contributed by atoms with Crippen LogP contribution in [0.25, 0.3) is 5.69 Å². The molecule has 1 N–H and O–H groups in total. The van der Waals surface area contributed by atoms with Crippen LogP contribution in [0.2, 0.25) is 5.02 Å². The van der Waals surface area contributed by atoms with Crippen molar-refractivity contribution >= 4 is 23.2 Å². The number of benzene rings is 2. The molecule has 8 heteroatoms. The maximum absolute atomic E-state index is 12.4. The highest BCUT2D eigenvalue weighted by Gasteiger charge is 2.28. The molecule has 1 aliphatic heterocycles. The SMILES string of the molecule is O=C(NCc1cnn(-c2ccccc2)n1)[C@@H]1CC(Cc2cccc(Cl)c2)=NO1. The summed E-state index contributed by atoms with van der Waals surface area (Å²) in [6, 6.07) is 17.1. The number of aromatic nitrogens is 3. The number of rotatable bonds is 6. The Bertz CT molecular complexity index is 1000. The molecule has 4 rings (SSSR count). The molecule has 0 radical (unpaired) electrons. The topological polar surface area (TPSA) is 81.4 Å². The quantitative estimate of drug-likeness (QED) is 0.695. The molecule has 0 saturated carbocycles. The lowest BCUT2D eigenvalue weighted by Gasteiger charge is -2.08. The summed E-state index contributed by atoms with van der Waals surface area (Å²) in [5.41, 5.74) is 3.37. The molecule has 142 valence electrons. The van der Waals surface area contributed by atoms with E-state index in [9.17, 15) is 4.79 Å². The third-order valence-electron chi connectivity index (χ3n) is 4.29. The van der Waals surface area contributed by atoms with Crippen molar-refractivity contribution in [3.63, 3.8) is 0 Å². The van der Waals surface area contributed by atoms with Gasteiger partial charge in [0.05, 0.1) is 24.1 Å². The van der Waals surface area contributed by atoms with Crippen molar-refractivity contribution in [2.75, 3.05) is 0 Å². The normalized spacial score (nSPS) is 15.8. The smallest absolute Gasteiger partial charge is 0.264 e. The van der Waals surface area contributed by atoms with Crippen LogP contribution >= 0.6 is 11.6 Å². The van der Waals surface area contributed by atoms with E-state index in [2.05, 4.69) is 20.7 Å². The second-order valence-electron chi connectivity index (χ2n) is 6.44. The van der Waals surface area contributed by atoms with E-state index in [1.807, 2.05) is 54.6 Å². The lowest BCUT2D eigenvalue weighted by Crippen LogP contribution is -2.34. The first-order chi connectivity index (χ1) is 13.7. The van der Waals surface area contributed by atoms with Gasteiger partial charge in [-0.25, -0.2) is 0 Å². The molecule has 0 bridgehead atoms. The Balaban J connectivity index is 1.28. The number of nitrogens with one attached hydrogen (secondary N) is 1. The van der Waals surface area contributed by atoms with Gasteiger partial charge in [-0.3, -0.25) is 4.79 Å². The Labute approximate surface area is 167 Å². The number of halogens is 1. The number of nitrogens with zero attached hydrogens (tertiary/aromatic N) is 4. The maximum atomic E-state index is 12.4. The zero-order valence-corrected chi connectivity index (χ0v) is 15.7. The number of hydrogen-bond donors (Lipinski definition) is 1.